The smallest absolute Gasteiger partial charge is 0.308 e. The van der Waals surface area contributed by atoms with Gasteiger partial charge in [0.05, 0.1) is 30.5 Å². The molecule has 0 bridgehead atoms. The first-order chi connectivity index (χ1) is 20.5. The van der Waals surface area contributed by atoms with Gasteiger partial charge in [0.25, 0.3) is 0 Å². The quantitative estimate of drug-likeness (QED) is 0.393. The van der Waals surface area contributed by atoms with Crippen LogP contribution in [-0.4, -0.2) is 85.7 Å². The van der Waals surface area contributed by atoms with Crippen molar-refractivity contribution in [2.24, 2.45) is 5.92 Å². The van der Waals surface area contributed by atoms with Gasteiger partial charge >= 0.3 is 5.97 Å². The zero-order valence-corrected chi connectivity index (χ0v) is 24.6. The fraction of sp³-hybridized carbons (Fsp3) is 0.562. The summed E-state index contributed by atoms with van der Waals surface area (Å²) in [6.07, 6.45) is 12.7. The van der Waals surface area contributed by atoms with Crippen LogP contribution in [0.3, 0.4) is 0 Å². The molecule has 2 aliphatic heterocycles. The number of esters is 1. The van der Waals surface area contributed by atoms with Gasteiger partial charge in [0, 0.05) is 48.1 Å². The number of carbonyl (C=O) groups excluding carboxylic acids is 1. The lowest BCUT2D eigenvalue weighted by molar-refractivity contribution is -0.149. The molecule has 3 aliphatic rings. The molecular formula is C32H43N7O3. The number of nitrogen functional groups attached to an aromatic ring is 1. The molecule has 3 fully saturated rings. The highest BCUT2D eigenvalue weighted by atomic mass is 16.5. The Hall–Kier alpha value is -3.50. The van der Waals surface area contributed by atoms with Gasteiger partial charge in [0.1, 0.15) is 5.75 Å². The van der Waals surface area contributed by atoms with Gasteiger partial charge in [-0.1, -0.05) is 12.1 Å². The SMILES string of the molecule is CCOC(=O)[C@H]1CC[C@H](N2CCC(N3CCC(n4cc(-c5cc(-c6ccccc6O)nnc5N)cn4)CC3)CC2)CC1. The van der Waals surface area contributed by atoms with Crippen LogP contribution in [0.15, 0.2) is 42.7 Å². The third-order valence-corrected chi connectivity index (χ3v) is 9.64. The van der Waals surface area contributed by atoms with Crippen LogP contribution in [0.25, 0.3) is 22.4 Å². The predicted molar refractivity (Wildman–Crippen MR) is 162 cm³/mol. The Balaban J connectivity index is 0.999. The van der Waals surface area contributed by atoms with E-state index >= 15 is 0 Å². The average molecular weight is 574 g/mol. The number of phenolic OH excluding ortho intramolecular Hbond substituents is 1. The molecule has 3 aromatic rings. The van der Waals surface area contributed by atoms with E-state index in [1.165, 1.54) is 12.8 Å². The maximum absolute atomic E-state index is 12.1. The van der Waals surface area contributed by atoms with Gasteiger partial charge in [-0.3, -0.25) is 9.48 Å². The minimum absolute atomic E-state index is 0.00115. The van der Waals surface area contributed by atoms with E-state index in [2.05, 4.69) is 30.9 Å². The lowest BCUT2D eigenvalue weighted by Crippen LogP contribution is -2.50. The summed E-state index contributed by atoms with van der Waals surface area (Å²) in [4.78, 5) is 17.5. The normalized spacial score (nSPS) is 23.2. The number of ether oxygens (including phenoxy) is 1. The molecule has 224 valence electrons. The van der Waals surface area contributed by atoms with Crippen LogP contribution < -0.4 is 5.73 Å². The Labute approximate surface area is 247 Å². The van der Waals surface area contributed by atoms with E-state index in [4.69, 9.17) is 15.6 Å². The maximum Gasteiger partial charge on any atom is 0.308 e. The maximum atomic E-state index is 12.1. The lowest BCUT2D eigenvalue weighted by Gasteiger charge is -2.44. The number of likely N-dealkylation sites (tertiary alicyclic amines) is 2. The van der Waals surface area contributed by atoms with Crippen LogP contribution in [0, 0.1) is 5.92 Å². The third-order valence-electron chi connectivity index (χ3n) is 9.64. The number of benzene rings is 1. The zero-order chi connectivity index (χ0) is 29.1. The molecule has 3 N–H and O–H groups in total. The average Bonchev–Trinajstić information content (AvgIpc) is 3.52. The number of piperidine rings is 2. The summed E-state index contributed by atoms with van der Waals surface area (Å²) in [6, 6.07) is 10.6. The van der Waals surface area contributed by atoms with Crippen LogP contribution in [0.5, 0.6) is 5.75 Å². The highest BCUT2D eigenvalue weighted by Crippen LogP contribution is 2.34. The minimum atomic E-state index is 0.00115. The van der Waals surface area contributed by atoms with Crippen LogP contribution in [0.1, 0.15) is 64.3 Å². The number of carbonyl (C=O) groups is 1. The number of aromatic hydroxyl groups is 1. The van der Waals surface area contributed by atoms with Gasteiger partial charge in [0.15, 0.2) is 5.82 Å². The van der Waals surface area contributed by atoms with Crippen molar-refractivity contribution in [2.75, 3.05) is 38.5 Å². The molecule has 10 nitrogen and oxygen atoms in total. The van der Waals surface area contributed by atoms with Crippen molar-refractivity contribution >= 4 is 11.8 Å². The number of para-hydroxylation sites is 1. The number of hydrogen-bond acceptors (Lipinski definition) is 9. The van der Waals surface area contributed by atoms with E-state index in [-0.39, 0.29) is 17.6 Å². The Morgan fingerprint density at radius 3 is 2.21 bits per heavy atom. The van der Waals surface area contributed by atoms with Gasteiger partial charge in [-0.25, -0.2) is 0 Å². The second-order valence-corrected chi connectivity index (χ2v) is 12.0. The number of anilines is 1. The van der Waals surface area contributed by atoms with Gasteiger partial charge in [-0.15, -0.1) is 10.2 Å². The largest absolute Gasteiger partial charge is 0.507 e. The fourth-order valence-corrected chi connectivity index (χ4v) is 7.20. The van der Waals surface area contributed by atoms with Crippen molar-refractivity contribution in [2.45, 2.75) is 76.4 Å². The molecule has 4 heterocycles. The Morgan fingerprint density at radius 1 is 0.905 bits per heavy atom. The minimum Gasteiger partial charge on any atom is -0.507 e. The van der Waals surface area contributed by atoms with Gasteiger partial charge in [0.2, 0.25) is 0 Å². The summed E-state index contributed by atoms with van der Waals surface area (Å²) in [5.41, 5.74) is 9.09. The molecule has 10 heteroatoms. The number of phenols is 1. The van der Waals surface area contributed by atoms with Crippen molar-refractivity contribution < 1.29 is 14.6 Å². The summed E-state index contributed by atoms with van der Waals surface area (Å²) in [5, 5.41) is 23.3. The van der Waals surface area contributed by atoms with Gasteiger partial charge in [-0.05, 0) is 89.6 Å². The molecule has 0 unspecified atom stereocenters. The topological polar surface area (TPSA) is 123 Å². The molecule has 2 saturated heterocycles. The van der Waals surface area contributed by atoms with Crippen LogP contribution >= 0.6 is 0 Å². The number of hydrogen-bond donors (Lipinski definition) is 2. The molecule has 6 rings (SSSR count). The van der Waals surface area contributed by atoms with Crippen molar-refractivity contribution in [1.29, 1.82) is 0 Å². The highest BCUT2D eigenvalue weighted by molar-refractivity contribution is 5.78. The van der Waals surface area contributed by atoms with Crippen molar-refractivity contribution in [3.05, 3.63) is 42.7 Å². The molecule has 0 atom stereocenters. The number of rotatable bonds is 7. The molecule has 1 aromatic carbocycles. The molecule has 42 heavy (non-hydrogen) atoms. The standard InChI is InChI=1S/C32H43N7O3/c1-2-42-32(41)22-7-9-24(10-8-22)37-15-11-25(12-16-37)38-17-13-26(14-18-38)39-21-23(20-34-39)28-19-29(35-36-31(28)33)27-5-3-4-6-30(27)40/h3-6,19-22,24-26,40H,2,7-18H2,1H3,(H2,33,36)/t22-,24-. The molecule has 0 amide bonds. The third kappa shape index (κ3) is 6.15. The summed E-state index contributed by atoms with van der Waals surface area (Å²) in [6.45, 7) is 6.86. The highest BCUT2D eigenvalue weighted by Gasteiger charge is 2.34. The van der Waals surface area contributed by atoms with Crippen LogP contribution in [0.4, 0.5) is 5.82 Å². The number of nitrogens with zero attached hydrogens (tertiary/aromatic N) is 6. The van der Waals surface area contributed by atoms with Crippen molar-refractivity contribution in [3.63, 3.8) is 0 Å². The predicted octanol–water partition coefficient (Wildman–Crippen LogP) is 4.52. The Bertz CT molecular complexity index is 1350. The van der Waals surface area contributed by atoms with E-state index in [0.717, 1.165) is 75.8 Å². The molecule has 0 radical (unpaired) electrons. The first kappa shape index (κ1) is 28.6. The summed E-state index contributed by atoms with van der Waals surface area (Å²) < 4.78 is 7.33. The monoisotopic (exact) mass is 573 g/mol. The van der Waals surface area contributed by atoms with E-state index in [1.807, 2.05) is 31.3 Å². The Kier molecular flexibility index (Phi) is 8.71. The van der Waals surface area contributed by atoms with E-state index in [1.54, 1.807) is 12.1 Å². The van der Waals surface area contributed by atoms with Gasteiger partial charge < -0.3 is 25.4 Å². The number of nitrogens with two attached hydrogens (primary N) is 1. The molecule has 1 saturated carbocycles. The molecule has 1 aliphatic carbocycles. The summed E-state index contributed by atoms with van der Waals surface area (Å²) in [5.74, 6) is 0.614. The fourth-order valence-electron chi connectivity index (χ4n) is 7.20. The van der Waals surface area contributed by atoms with Crippen molar-refractivity contribution in [3.8, 4) is 28.1 Å². The summed E-state index contributed by atoms with van der Waals surface area (Å²) in [7, 11) is 0. The first-order valence-electron chi connectivity index (χ1n) is 15.6. The van der Waals surface area contributed by atoms with Crippen molar-refractivity contribution in [1.82, 2.24) is 29.8 Å². The summed E-state index contributed by atoms with van der Waals surface area (Å²) >= 11 is 0. The van der Waals surface area contributed by atoms with E-state index in [9.17, 15) is 9.90 Å². The van der Waals surface area contributed by atoms with Gasteiger partial charge in [-0.2, -0.15) is 5.10 Å². The first-order valence-corrected chi connectivity index (χ1v) is 15.6. The lowest BCUT2D eigenvalue weighted by atomic mass is 9.84. The number of aromatic nitrogens is 4. The van der Waals surface area contributed by atoms with Crippen LogP contribution in [0.2, 0.25) is 0 Å². The molecule has 2 aromatic heterocycles. The Morgan fingerprint density at radius 2 is 1.55 bits per heavy atom. The molecule has 0 spiro atoms. The van der Waals surface area contributed by atoms with E-state index in [0.29, 0.717) is 41.8 Å². The second kappa shape index (κ2) is 12.8. The van der Waals surface area contributed by atoms with Crippen LogP contribution in [-0.2, 0) is 9.53 Å². The second-order valence-electron chi connectivity index (χ2n) is 12.0. The zero-order valence-electron chi connectivity index (χ0n) is 24.6. The molecular weight excluding hydrogens is 530 g/mol. The van der Waals surface area contributed by atoms with E-state index < -0.39 is 0 Å².